The van der Waals surface area contributed by atoms with Crippen LogP contribution in [-0.2, 0) is 0 Å². The van der Waals surface area contributed by atoms with Gasteiger partial charge in [-0.3, -0.25) is 0 Å². The Balaban J connectivity index is 2.81. The maximum absolute atomic E-state index is 9.94. The molecule has 14 heavy (non-hydrogen) atoms. The fourth-order valence-corrected chi connectivity index (χ4v) is 1.45. The summed E-state index contributed by atoms with van der Waals surface area (Å²) in [5, 5.41) is 11.3. The van der Waals surface area contributed by atoms with Crippen LogP contribution in [0.5, 0.6) is 0 Å². The molecule has 0 spiro atoms. The van der Waals surface area contributed by atoms with E-state index in [1.54, 1.807) is 0 Å². The van der Waals surface area contributed by atoms with E-state index in [9.17, 15) is 5.21 Å². The molecule has 1 unspecified atom stereocenters. The van der Waals surface area contributed by atoms with Crippen LogP contribution < -0.4 is 0 Å². The standard InChI is InChI=1S/C12H19NO/c1-10(13(14)12(2,3)4)11-8-6-5-7-9-11/h5-10,14H,1-4H3. The van der Waals surface area contributed by atoms with E-state index in [0.717, 1.165) is 5.56 Å². The monoisotopic (exact) mass is 193 g/mol. The first-order valence-corrected chi connectivity index (χ1v) is 4.96. The van der Waals surface area contributed by atoms with E-state index in [1.807, 2.05) is 58.0 Å². The molecule has 0 aliphatic rings. The molecule has 0 saturated carbocycles. The molecule has 2 heteroatoms. The summed E-state index contributed by atoms with van der Waals surface area (Å²) in [4.78, 5) is 0. The lowest BCUT2D eigenvalue weighted by atomic mass is 10.0. The summed E-state index contributed by atoms with van der Waals surface area (Å²) >= 11 is 0. The Hall–Kier alpha value is -0.860. The average Bonchev–Trinajstić information content (AvgIpc) is 2.15. The van der Waals surface area contributed by atoms with Crippen molar-refractivity contribution in [2.24, 2.45) is 0 Å². The van der Waals surface area contributed by atoms with Gasteiger partial charge in [-0.05, 0) is 33.3 Å². The molecule has 78 valence electrons. The second-order valence-corrected chi connectivity index (χ2v) is 4.60. The van der Waals surface area contributed by atoms with Gasteiger partial charge in [-0.25, -0.2) is 0 Å². The molecule has 0 aromatic heterocycles. The first-order chi connectivity index (χ1) is 6.43. The number of hydroxylamine groups is 2. The Morgan fingerprint density at radius 1 is 1.14 bits per heavy atom. The summed E-state index contributed by atoms with van der Waals surface area (Å²) in [6.45, 7) is 7.98. The van der Waals surface area contributed by atoms with Crippen molar-refractivity contribution < 1.29 is 5.21 Å². The van der Waals surface area contributed by atoms with Crippen LogP contribution in [0, 0.1) is 0 Å². The van der Waals surface area contributed by atoms with Crippen molar-refractivity contribution in [1.82, 2.24) is 5.06 Å². The van der Waals surface area contributed by atoms with Crippen molar-refractivity contribution in [3.63, 3.8) is 0 Å². The van der Waals surface area contributed by atoms with Crippen molar-refractivity contribution in [1.29, 1.82) is 0 Å². The van der Waals surface area contributed by atoms with Gasteiger partial charge in [0.2, 0.25) is 0 Å². The normalized spacial score (nSPS) is 14.4. The van der Waals surface area contributed by atoms with Crippen LogP contribution in [-0.4, -0.2) is 15.8 Å². The number of nitrogens with zero attached hydrogens (tertiary/aromatic N) is 1. The minimum atomic E-state index is -0.227. The van der Waals surface area contributed by atoms with Gasteiger partial charge < -0.3 is 5.21 Å². The third-order valence-corrected chi connectivity index (χ3v) is 2.34. The SMILES string of the molecule is CC(c1ccccc1)N(O)C(C)(C)C. The lowest BCUT2D eigenvalue weighted by molar-refractivity contribution is -0.184. The molecule has 1 aromatic carbocycles. The lowest BCUT2D eigenvalue weighted by Gasteiger charge is -2.34. The number of benzene rings is 1. The van der Waals surface area contributed by atoms with E-state index in [0.29, 0.717) is 0 Å². The van der Waals surface area contributed by atoms with Gasteiger partial charge >= 0.3 is 0 Å². The Morgan fingerprint density at radius 3 is 2.07 bits per heavy atom. The van der Waals surface area contributed by atoms with Gasteiger partial charge in [-0.1, -0.05) is 30.3 Å². The molecular formula is C12H19NO. The molecule has 0 aliphatic carbocycles. The van der Waals surface area contributed by atoms with Crippen molar-refractivity contribution >= 4 is 0 Å². The fourth-order valence-electron chi connectivity index (χ4n) is 1.45. The van der Waals surface area contributed by atoms with E-state index in [-0.39, 0.29) is 11.6 Å². The minimum absolute atomic E-state index is 0.0243. The summed E-state index contributed by atoms with van der Waals surface area (Å²) in [5.41, 5.74) is 0.903. The van der Waals surface area contributed by atoms with Crippen molar-refractivity contribution in [2.45, 2.75) is 39.3 Å². The Morgan fingerprint density at radius 2 is 1.64 bits per heavy atom. The fraction of sp³-hybridized carbons (Fsp3) is 0.500. The maximum atomic E-state index is 9.94. The predicted molar refractivity (Wildman–Crippen MR) is 58.2 cm³/mol. The zero-order valence-corrected chi connectivity index (χ0v) is 9.36. The summed E-state index contributed by atoms with van der Waals surface area (Å²) in [5.74, 6) is 0. The molecule has 2 nitrogen and oxygen atoms in total. The molecule has 1 rings (SSSR count). The molecule has 0 saturated heterocycles. The highest BCUT2D eigenvalue weighted by Crippen LogP contribution is 2.24. The van der Waals surface area contributed by atoms with Crippen molar-refractivity contribution in [2.75, 3.05) is 0 Å². The Kier molecular flexibility index (Phi) is 3.29. The number of hydrogen-bond acceptors (Lipinski definition) is 2. The van der Waals surface area contributed by atoms with Crippen LogP contribution >= 0.6 is 0 Å². The van der Waals surface area contributed by atoms with E-state index in [4.69, 9.17) is 0 Å². The van der Waals surface area contributed by atoms with Crippen LogP contribution in [0.3, 0.4) is 0 Å². The Labute approximate surface area is 86.1 Å². The van der Waals surface area contributed by atoms with Gasteiger partial charge in [0.25, 0.3) is 0 Å². The largest absolute Gasteiger partial charge is 0.313 e. The minimum Gasteiger partial charge on any atom is -0.313 e. The van der Waals surface area contributed by atoms with Gasteiger partial charge in [-0.15, -0.1) is 0 Å². The molecule has 1 atom stereocenters. The highest BCUT2D eigenvalue weighted by Gasteiger charge is 2.25. The second kappa shape index (κ2) is 4.11. The second-order valence-electron chi connectivity index (χ2n) is 4.60. The van der Waals surface area contributed by atoms with Gasteiger partial charge in [0.1, 0.15) is 0 Å². The molecule has 1 aromatic rings. The number of rotatable bonds is 2. The van der Waals surface area contributed by atoms with Crippen LogP contribution in [0.15, 0.2) is 30.3 Å². The predicted octanol–water partition coefficient (Wildman–Crippen LogP) is 3.24. The van der Waals surface area contributed by atoms with E-state index < -0.39 is 0 Å². The average molecular weight is 193 g/mol. The molecule has 0 aliphatic heterocycles. The molecule has 1 N–H and O–H groups in total. The van der Waals surface area contributed by atoms with Crippen molar-refractivity contribution in [3.05, 3.63) is 35.9 Å². The Bertz CT molecular complexity index is 276. The first kappa shape index (κ1) is 11.2. The molecule has 0 heterocycles. The van der Waals surface area contributed by atoms with E-state index in [2.05, 4.69) is 0 Å². The highest BCUT2D eigenvalue weighted by atomic mass is 16.5. The molecular weight excluding hydrogens is 174 g/mol. The van der Waals surface area contributed by atoms with Gasteiger partial charge in [0.05, 0.1) is 6.04 Å². The zero-order valence-electron chi connectivity index (χ0n) is 9.36. The summed E-state index contributed by atoms with van der Waals surface area (Å²) in [7, 11) is 0. The maximum Gasteiger partial charge on any atom is 0.0577 e. The lowest BCUT2D eigenvalue weighted by Crippen LogP contribution is -2.40. The third-order valence-electron chi connectivity index (χ3n) is 2.34. The summed E-state index contributed by atoms with van der Waals surface area (Å²) in [6.07, 6.45) is 0. The van der Waals surface area contributed by atoms with Gasteiger partial charge in [0, 0.05) is 5.54 Å². The van der Waals surface area contributed by atoms with Crippen LogP contribution in [0.4, 0.5) is 0 Å². The summed E-state index contributed by atoms with van der Waals surface area (Å²) < 4.78 is 0. The zero-order chi connectivity index (χ0) is 10.8. The third kappa shape index (κ3) is 2.56. The molecule has 0 bridgehead atoms. The summed E-state index contributed by atoms with van der Waals surface area (Å²) in [6, 6.07) is 10.0. The van der Waals surface area contributed by atoms with E-state index in [1.165, 1.54) is 5.06 Å². The van der Waals surface area contributed by atoms with Gasteiger partial charge in [-0.2, -0.15) is 5.06 Å². The van der Waals surface area contributed by atoms with Crippen LogP contribution in [0.1, 0.15) is 39.3 Å². The van der Waals surface area contributed by atoms with Crippen LogP contribution in [0.25, 0.3) is 0 Å². The smallest absolute Gasteiger partial charge is 0.0577 e. The first-order valence-electron chi connectivity index (χ1n) is 4.96. The molecule has 0 radical (unpaired) electrons. The van der Waals surface area contributed by atoms with Crippen molar-refractivity contribution in [3.8, 4) is 0 Å². The van der Waals surface area contributed by atoms with E-state index >= 15 is 0 Å². The quantitative estimate of drug-likeness (QED) is 0.729. The molecule has 0 fully saturated rings. The highest BCUT2D eigenvalue weighted by molar-refractivity contribution is 5.18. The topological polar surface area (TPSA) is 23.5 Å². The van der Waals surface area contributed by atoms with Gasteiger partial charge in [0.15, 0.2) is 0 Å². The molecule has 0 amide bonds. The van der Waals surface area contributed by atoms with Crippen LogP contribution in [0.2, 0.25) is 0 Å². The number of hydrogen-bond donors (Lipinski definition) is 1.